The van der Waals surface area contributed by atoms with E-state index >= 15 is 0 Å². The Labute approximate surface area is 447 Å². The van der Waals surface area contributed by atoms with Crippen molar-refractivity contribution in [2.75, 3.05) is 0 Å². The molecule has 0 fully saturated rings. The fraction of sp³-hybridized carbons (Fsp3) is 0. The molecule has 8 nitrogen and oxygen atoms in total. The highest BCUT2D eigenvalue weighted by Gasteiger charge is 2.22. The molecule has 0 saturated carbocycles. The molecule has 0 radical (unpaired) electrons. The SMILES string of the molecule is c1ccc(-n2c(-c3ccc(-c4ccc5c(c4)c4ccccc4n5-c4nc(-c5ccc6c7ccccc7n(-c7ccccc7)c6c5)nc(-c5ccc6c7ccccc7n(-c7ccccc7)c6c5)n4)cc3)nc3ccccc32)cc1. The maximum absolute atomic E-state index is 5.48. The second-order valence-electron chi connectivity index (χ2n) is 19.9. The second-order valence-corrected chi connectivity index (χ2v) is 19.9. The molecule has 0 saturated heterocycles. The maximum atomic E-state index is 5.48. The largest absolute Gasteiger partial charge is 0.309 e. The average Bonchev–Trinajstić information content (AvgIpc) is 4.39. The van der Waals surface area contributed by atoms with Crippen LogP contribution < -0.4 is 0 Å². The lowest BCUT2D eigenvalue weighted by Crippen LogP contribution is -2.06. The molecule has 0 aliphatic carbocycles. The van der Waals surface area contributed by atoms with E-state index in [-0.39, 0.29) is 0 Å². The summed E-state index contributed by atoms with van der Waals surface area (Å²) in [5.41, 5.74) is 16.7. The summed E-state index contributed by atoms with van der Waals surface area (Å²) >= 11 is 0. The van der Waals surface area contributed by atoms with Crippen molar-refractivity contribution >= 4 is 76.5 Å². The van der Waals surface area contributed by atoms with Gasteiger partial charge in [0.25, 0.3) is 0 Å². The van der Waals surface area contributed by atoms with Crippen LogP contribution in [-0.4, -0.2) is 38.2 Å². The van der Waals surface area contributed by atoms with Crippen LogP contribution in [0.3, 0.4) is 0 Å². The number of nitrogens with zero attached hydrogens (tertiary/aromatic N) is 8. The molecule has 0 spiro atoms. The smallest absolute Gasteiger partial charge is 0.238 e. The first-order valence-corrected chi connectivity index (χ1v) is 26.3. The van der Waals surface area contributed by atoms with Gasteiger partial charge in [-0.1, -0.05) is 176 Å². The standard InChI is InChI=1S/C70H44N8/c1-4-18-50(19-5-1)75-60-28-14-10-24-53(60)56-39-36-48(43-65(56)75)67-72-68(49-37-40-57-54-25-11-15-29-61(54)76(66(57)44-49)51-20-6-2-7-21-51)74-70(73-67)78-62-30-16-12-26-55(62)58-42-47(38-41-63(58)78)45-32-34-46(35-33-45)69-71-59-27-13-17-31-64(59)77(69)52-22-8-3-9-23-52/h1-44H. The maximum Gasteiger partial charge on any atom is 0.238 e. The van der Waals surface area contributed by atoms with Crippen LogP contribution in [0, 0.1) is 0 Å². The van der Waals surface area contributed by atoms with Crippen LogP contribution in [0.15, 0.2) is 267 Å². The summed E-state index contributed by atoms with van der Waals surface area (Å²) in [6.07, 6.45) is 0. The molecule has 11 aromatic carbocycles. The Balaban J connectivity index is 0.881. The molecule has 0 amide bonds. The fourth-order valence-electron chi connectivity index (χ4n) is 11.9. The van der Waals surface area contributed by atoms with Crippen molar-refractivity contribution in [3.8, 4) is 68.3 Å². The number of imidazole rings is 1. The quantitative estimate of drug-likeness (QED) is 0.152. The van der Waals surface area contributed by atoms with Crippen molar-refractivity contribution in [1.82, 2.24) is 38.2 Å². The molecule has 0 aliphatic rings. The zero-order valence-electron chi connectivity index (χ0n) is 42.0. The van der Waals surface area contributed by atoms with Crippen molar-refractivity contribution in [3.63, 3.8) is 0 Å². The highest BCUT2D eigenvalue weighted by atomic mass is 15.2. The molecule has 16 aromatic rings. The van der Waals surface area contributed by atoms with Gasteiger partial charge in [-0.3, -0.25) is 9.13 Å². The third-order valence-electron chi connectivity index (χ3n) is 15.4. The minimum Gasteiger partial charge on any atom is -0.309 e. The predicted molar refractivity (Wildman–Crippen MR) is 319 cm³/mol. The molecule has 0 N–H and O–H groups in total. The van der Waals surface area contributed by atoms with E-state index in [0.29, 0.717) is 17.6 Å². The first-order chi connectivity index (χ1) is 38.7. The van der Waals surface area contributed by atoms with E-state index in [2.05, 4.69) is 273 Å². The zero-order chi connectivity index (χ0) is 51.3. The highest BCUT2D eigenvalue weighted by Crippen LogP contribution is 2.40. The van der Waals surface area contributed by atoms with Crippen molar-refractivity contribution in [1.29, 1.82) is 0 Å². The van der Waals surface area contributed by atoms with Gasteiger partial charge in [-0.25, -0.2) is 9.97 Å². The third kappa shape index (κ3) is 6.87. The van der Waals surface area contributed by atoms with Gasteiger partial charge in [-0.15, -0.1) is 0 Å². The Hall–Kier alpha value is -10.7. The molecule has 5 aromatic heterocycles. The van der Waals surface area contributed by atoms with Crippen molar-refractivity contribution in [2.24, 2.45) is 0 Å². The van der Waals surface area contributed by atoms with E-state index in [1.165, 1.54) is 10.8 Å². The first-order valence-electron chi connectivity index (χ1n) is 26.3. The number of benzene rings is 11. The van der Waals surface area contributed by atoms with Gasteiger partial charge in [-0.05, 0) is 102 Å². The summed E-state index contributed by atoms with van der Waals surface area (Å²) in [5, 5.41) is 6.90. The van der Waals surface area contributed by atoms with Gasteiger partial charge in [-0.2, -0.15) is 9.97 Å². The van der Waals surface area contributed by atoms with Crippen LogP contribution in [-0.2, 0) is 0 Å². The number of rotatable bonds is 8. The third-order valence-corrected chi connectivity index (χ3v) is 15.4. The van der Waals surface area contributed by atoms with E-state index in [4.69, 9.17) is 19.9 Å². The minimum atomic E-state index is 0.534. The van der Waals surface area contributed by atoms with Gasteiger partial charge < -0.3 is 9.13 Å². The van der Waals surface area contributed by atoms with E-state index < -0.39 is 0 Å². The summed E-state index contributed by atoms with van der Waals surface area (Å²) in [6, 6.07) is 94.5. The van der Waals surface area contributed by atoms with Gasteiger partial charge in [0.05, 0.1) is 44.1 Å². The van der Waals surface area contributed by atoms with Gasteiger partial charge in [0.1, 0.15) is 5.82 Å². The zero-order valence-corrected chi connectivity index (χ0v) is 42.0. The summed E-state index contributed by atoms with van der Waals surface area (Å²) in [6.45, 7) is 0. The number of aromatic nitrogens is 8. The van der Waals surface area contributed by atoms with Gasteiger partial charge in [0, 0.05) is 66.1 Å². The van der Waals surface area contributed by atoms with Crippen LogP contribution in [0.2, 0.25) is 0 Å². The summed E-state index contributed by atoms with van der Waals surface area (Å²) in [7, 11) is 0. The Morgan fingerprint density at radius 1 is 0.218 bits per heavy atom. The summed E-state index contributed by atoms with van der Waals surface area (Å²) in [4.78, 5) is 21.5. The number of fused-ring (bicyclic) bond motifs is 10. The van der Waals surface area contributed by atoms with Crippen LogP contribution >= 0.6 is 0 Å². The van der Waals surface area contributed by atoms with Crippen LogP contribution in [0.25, 0.3) is 145 Å². The Morgan fingerprint density at radius 2 is 0.615 bits per heavy atom. The number of hydrogen-bond donors (Lipinski definition) is 0. The lowest BCUT2D eigenvalue weighted by Gasteiger charge is -2.13. The van der Waals surface area contributed by atoms with Crippen LogP contribution in [0.5, 0.6) is 0 Å². The minimum absolute atomic E-state index is 0.534. The van der Waals surface area contributed by atoms with Crippen LogP contribution in [0.1, 0.15) is 0 Å². The fourth-order valence-corrected chi connectivity index (χ4v) is 11.9. The lowest BCUT2D eigenvalue weighted by molar-refractivity contribution is 0.953. The lowest BCUT2D eigenvalue weighted by atomic mass is 10.0. The van der Waals surface area contributed by atoms with Crippen LogP contribution in [0.4, 0.5) is 0 Å². The van der Waals surface area contributed by atoms with Gasteiger partial charge in [0.15, 0.2) is 11.6 Å². The second kappa shape index (κ2) is 17.4. The highest BCUT2D eigenvalue weighted by molar-refractivity contribution is 6.12. The average molecular weight is 997 g/mol. The van der Waals surface area contributed by atoms with Crippen molar-refractivity contribution in [3.05, 3.63) is 267 Å². The molecule has 8 heteroatoms. The molecule has 5 heterocycles. The van der Waals surface area contributed by atoms with Crippen molar-refractivity contribution < 1.29 is 0 Å². The molecule has 0 atom stereocenters. The summed E-state index contributed by atoms with van der Waals surface area (Å²) in [5.74, 6) is 2.59. The van der Waals surface area contributed by atoms with Gasteiger partial charge in [0.2, 0.25) is 5.95 Å². The monoisotopic (exact) mass is 996 g/mol. The molecule has 0 bridgehead atoms. The predicted octanol–water partition coefficient (Wildman–Crippen LogP) is 17.2. The van der Waals surface area contributed by atoms with E-state index in [9.17, 15) is 0 Å². The molecule has 16 rings (SSSR count). The van der Waals surface area contributed by atoms with E-state index in [1.54, 1.807) is 0 Å². The number of para-hydroxylation sites is 8. The van der Waals surface area contributed by atoms with Crippen molar-refractivity contribution in [2.45, 2.75) is 0 Å². The molecule has 364 valence electrons. The molecular formula is C70H44N8. The summed E-state index contributed by atoms with van der Waals surface area (Å²) < 4.78 is 9.13. The topological polar surface area (TPSA) is 71.3 Å². The molecular weight excluding hydrogens is 953 g/mol. The first kappa shape index (κ1) is 43.7. The van der Waals surface area contributed by atoms with E-state index in [1.807, 2.05) is 12.1 Å². The molecule has 0 unspecified atom stereocenters. The molecule has 78 heavy (non-hydrogen) atoms. The molecule has 0 aliphatic heterocycles. The number of hydrogen-bond acceptors (Lipinski definition) is 4. The normalized spacial score (nSPS) is 11.8. The van der Waals surface area contributed by atoms with E-state index in [0.717, 1.165) is 116 Å². The Kier molecular flexibility index (Phi) is 9.77. The van der Waals surface area contributed by atoms with Gasteiger partial charge >= 0.3 is 0 Å². The Bertz CT molecular complexity index is 4830. The Morgan fingerprint density at radius 3 is 1.17 bits per heavy atom.